The van der Waals surface area contributed by atoms with E-state index in [0.29, 0.717) is 19.4 Å². The second-order valence-corrected chi connectivity index (χ2v) is 10.5. The number of amides is 4. The van der Waals surface area contributed by atoms with Gasteiger partial charge in [-0.15, -0.1) is 13.2 Å². The van der Waals surface area contributed by atoms with E-state index in [1.165, 1.54) is 4.90 Å². The van der Waals surface area contributed by atoms with Gasteiger partial charge in [0.15, 0.2) is 5.78 Å². The van der Waals surface area contributed by atoms with E-state index in [9.17, 15) is 37.1 Å². The van der Waals surface area contributed by atoms with Gasteiger partial charge in [0.1, 0.15) is 12.6 Å². The Morgan fingerprint density at radius 1 is 1.19 bits per heavy atom. The number of likely N-dealkylation sites (tertiary alicyclic amines) is 1. The Morgan fingerprint density at radius 2 is 1.92 bits per heavy atom. The Labute approximate surface area is 206 Å². The summed E-state index contributed by atoms with van der Waals surface area (Å²) in [6.45, 7) is 1.08. The molecule has 4 fully saturated rings. The highest BCUT2D eigenvalue weighted by Gasteiger charge is 2.52. The second kappa shape index (κ2) is 9.98. The minimum Gasteiger partial charge on any atom is -0.356 e. The van der Waals surface area contributed by atoms with Crippen molar-refractivity contribution in [2.24, 2.45) is 17.8 Å². The summed E-state index contributed by atoms with van der Waals surface area (Å²) in [6, 6.07) is -2.44. The Bertz CT molecular complexity index is 937. The average molecular weight is 517 g/mol. The zero-order valence-corrected chi connectivity index (χ0v) is 20.0. The highest BCUT2D eigenvalue weighted by Crippen LogP contribution is 2.42. The van der Waals surface area contributed by atoms with E-state index in [0.717, 1.165) is 25.7 Å². The number of fused-ring (bicyclic) bond motifs is 1. The van der Waals surface area contributed by atoms with Crippen molar-refractivity contribution >= 4 is 29.4 Å². The summed E-state index contributed by atoms with van der Waals surface area (Å²) < 4.78 is 41.3. The first-order chi connectivity index (χ1) is 16.9. The lowest BCUT2D eigenvalue weighted by molar-refractivity contribution is -0.321. The average Bonchev–Trinajstić information content (AvgIpc) is 3.12. The first kappa shape index (κ1) is 26.4. The number of alkyl halides is 3. The van der Waals surface area contributed by atoms with Gasteiger partial charge in [-0.05, 0) is 57.3 Å². The zero-order valence-electron chi connectivity index (χ0n) is 20.0. The number of ketones is 1. The highest BCUT2D eigenvalue weighted by molar-refractivity contribution is 6.35. The lowest BCUT2D eigenvalue weighted by Gasteiger charge is -2.29. The highest BCUT2D eigenvalue weighted by atomic mass is 19.4. The third-order valence-corrected chi connectivity index (χ3v) is 7.80. The van der Waals surface area contributed by atoms with Crippen molar-refractivity contribution in [1.82, 2.24) is 20.9 Å². The van der Waals surface area contributed by atoms with Gasteiger partial charge in [-0.25, -0.2) is 0 Å². The van der Waals surface area contributed by atoms with Crippen LogP contribution in [0.3, 0.4) is 0 Å². The molecule has 3 N–H and O–H groups in total. The summed E-state index contributed by atoms with van der Waals surface area (Å²) in [4.78, 5) is 64.9. The number of Topliss-reactive ketones (excluding diaryl/α,β-unsaturated/α-hetero) is 1. The van der Waals surface area contributed by atoms with Gasteiger partial charge in [-0.3, -0.25) is 28.7 Å². The molecule has 2 saturated heterocycles. The van der Waals surface area contributed by atoms with Crippen molar-refractivity contribution < 1.29 is 41.9 Å². The lowest BCUT2D eigenvalue weighted by Crippen LogP contribution is -2.56. The summed E-state index contributed by atoms with van der Waals surface area (Å²) >= 11 is 0. The van der Waals surface area contributed by atoms with Crippen molar-refractivity contribution in [2.45, 2.75) is 75.9 Å². The molecule has 0 aromatic carbocycles. The summed E-state index contributed by atoms with van der Waals surface area (Å²) in [5.74, 6) is -4.61. The van der Waals surface area contributed by atoms with Crippen molar-refractivity contribution in [2.75, 3.05) is 19.7 Å². The van der Waals surface area contributed by atoms with Crippen LogP contribution in [0.25, 0.3) is 0 Å². The zero-order chi connectivity index (χ0) is 26.3. The number of nitrogens with zero attached hydrogens (tertiary/aromatic N) is 1. The van der Waals surface area contributed by atoms with Gasteiger partial charge in [-0.1, -0.05) is 6.42 Å². The molecule has 2 heterocycles. The number of halogens is 3. The number of hydrogen-bond donors (Lipinski definition) is 3. The Balaban J connectivity index is 1.49. The standard InChI is InChI=1S/C23H31F3N4O6/c1-22(6-7-22)29-20(34)21(35)30-10-13-3-2-4-14(13)17(30)19(33)28-15(9-12-5-8-27-18(12)32)16(31)11-36-23(24,25)26/h12-15,17H,2-11H2,1H3,(H,27,32)(H,28,33)(H,29,34)/t12-,13-,14-,15+,17-/m0/s1. The van der Waals surface area contributed by atoms with Crippen LogP contribution in [0.2, 0.25) is 0 Å². The normalized spacial score (nSPS) is 29.3. The summed E-state index contributed by atoms with van der Waals surface area (Å²) in [7, 11) is 0. The van der Waals surface area contributed by atoms with Gasteiger partial charge in [0, 0.05) is 24.5 Å². The van der Waals surface area contributed by atoms with Gasteiger partial charge in [0.2, 0.25) is 11.8 Å². The fraction of sp³-hybridized carbons (Fsp3) is 0.783. The monoisotopic (exact) mass is 516 g/mol. The molecule has 0 aromatic heterocycles. The maximum atomic E-state index is 13.4. The van der Waals surface area contributed by atoms with E-state index in [1.807, 2.05) is 6.92 Å². The van der Waals surface area contributed by atoms with Crippen molar-refractivity contribution in [3.05, 3.63) is 0 Å². The summed E-state index contributed by atoms with van der Waals surface area (Å²) in [5, 5.41) is 7.79. The van der Waals surface area contributed by atoms with Crippen molar-refractivity contribution in [3.63, 3.8) is 0 Å². The smallest absolute Gasteiger partial charge is 0.356 e. The van der Waals surface area contributed by atoms with Crippen LogP contribution in [0.4, 0.5) is 13.2 Å². The molecule has 2 aliphatic heterocycles. The van der Waals surface area contributed by atoms with Gasteiger partial charge in [-0.2, -0.15) is 0 Å². The summed E-state index contributed by atoms with van der Waals surface area (Å²) in [5.41, 5.74) is -0.433. The summed E-state index contributed by atoms with van der Waals surface area (Å²) in [6.07, 6.45) is -1.09. The molecular formula is C23H31F3N4O6. The van der Waals surface area contributed by atoms with Crippen molar-refractivity contribution in [3.8, 4) is 0 Å². The van der Waals surface area contributed by atoms with Crippen LogP contribution in [0.1, 0.15) is 51.9 Å². The number of carbonyl (C=O) groups is 5. The van der Waals surface area contributed by atoms with Crippen LogP contribution >= 0.6 is 0 Å². The minimum absolute atomic E-state index is 0.0114. The van der Waals surface area contributed by atoms with E-state index in [2.05, 4.69) is 20.7 Å². The number of hydrogen-bond acceptors (Lipinski definition) is 6. The topological polar surface area (TPSA) is 134 Å². The molecule has 10 nitrogen and oxygen atoms in total. The maximum absolute atomic E-state index is 13.4. The number of carbonyl (C=O) groups excluding carboxylic acids is 5. The molecule has 5 atom stereocenters. The molecule has 0 radical (unpaired) electrons. The quantitative estimate of drug-likeness (QED) is 0.400. The second-order valence-electron chi connectivity index (χ2n) is 10.5. The van der Waals surface area contributed by atoms with Gasteiger partial charge < -0.3 is 20.9 Å². The molecular weight excluding hydrogens is 485 g/mol. The molecule has 36 heavy (non-hydrogen) atoms. The predicted octanol–water partition coefficient (Wildman–Crippen LogP) is 0.399. The number of nitrogens with one attached hydrogen (secondary N) is 3. The van der Waals surface area contributed by atoms with E-state index in [-0.39, 0.29) is 30.7 Å². The Kier molecular flexibility index (Phi) is 7.31. The van der Waals surface area contributed by atoms with Gasteiger partial charge in [0.05, 0.1) is 6.04 Å². The third kappa shape index (κ3) is 5.98. The maximum Gasteiger partial charge on any atom is 0.522 e. The largest absolute Gasteiger partial charge is 0.522 e. The molecule has 0 bridgehead atoms. The van der Waals surface area contributed by atoms with Crippen LogP contribution in [-0.4, -0.2) is 78.0 Å². The molecule has 0 spiro atoms. The third-order valence-electron chi connectivity index (χ3n) is 7.80. The minimum atomic E-state index is -5.04. The molecule has 2 aliphatic carbocycles. The Hall–Kier alpha value is -2.70. The van der Waals surface area contributed by atoms with Crippen molar-refractivity contribution in [1.29, 1.82) is 0 Å². The molecule has 4 aliphatic rings. The Morgan fingerprint density at radius 3 is 2.53 bits per heavy atom. The SMILES string of the molecule is CC1(NC(=O)C(=O)N2C[C@@H]3CCC[C@@H]3[C@H]2C(=O)N[C@H](C[C@@H]2CCNC2=O)C(=O)COC(F)(F)F)CC1. The van der Waals surface area contributed by atoms with E-state index < -0.39 is 60.0 Å². The molecule has 13 heteroatoms. The fourth-order valence-electron chi connectivity index (χ4n) is 5.56. The van der Waals surface area contributed by atoms with Crippen LogP contribution in [0, 0.1) is 17.8 Å². The predicted molar refractivity (Wildman–Crippen MR) is 117 cm³/mol. The molecule has 0 aromatic rings. The van der Waals surface area contributed by atoms with Crippen LogP contribution < -0.4 is 16.0 Å². The lowest BCUT2D eigenvalue weighted by atomic mass is 9.92. The molecule has 2 saturated carbocycles. The van der Waals surface area contributed by atoms with Gasteiger partial charge in [0.25, 0.3) is 0 Å². The van der Waals surface area contributed by atoms with Crippen LogP contribution in [-0.2, 0) is 28.7 Å². The van der Waals surface area contributed by atoms with E-state index in [4.69, 9.17) is 0 Å². The first-order valence-corrected chi connectivity index (χ1v) is 12.3. The number of ether oxygens (including phenoxy) is 1. The van der Waals surface area contributed by atoms with Gasteiger partial charge >= 0.3 is 18.2 Å². The fourth-order valence-corrected chi connectivity index (χ4v) is 5.56. The first-order valence-electron chi connectivity index (χ1n) is 12.3. The van der Waals surface area contributed by atoms with E-state index in [1.54, 1.807) is 0 Å². The molecule has 4 rings (SSSR count). The van der Waals surface area contributed by atoms with Crippen LogP contribution in [0.5, 0.6) is 0 Å². The molecule has 200 valence electrons. The van der Waals surface area contributed by atoms with E-state index >= 15 is 0 Å². The van der Waals surface area contributed by atoms with Crippen LogP contribution in [0.15, 0.2) is 0 Å². The molecule has 0 unspecified atom stereocenters. The number of rotatable bonds is 8. The molecule has 4 amide bonds.